The SMILES string of the molecule is C1Cc2sc3nc(C[NH+]4CCOCC4)nc(SC4CCCC4)c3c2C1. The number of hydrogen-bond donors (Lipinski definition) is 1. The summed E-state index contributed by atoms with van der Waals surface area (Å²) < 4.78 is 5.50. The molecule has 0 amide bonds. The summed E-state index contributed by atoms with van der Waals surface area (Å²) in [6.07, 6.45) is 9.26. The normalized spacial score (nSPS) is 22.1. The maximum Gasteiger partial charge on any atom is 0.186 e. The number of nitrogens with zero attached hydrogens (tertiary/aromatic N) is 2. The van der Waals surface area contributed by atoms with Crippen LogP contribution in [0.25, 0.3) is 10.2 Å². The predicted octanol–water partition coefficient (Wildman–Crippen LogP) is 2.63. The van der Waals surface area contributed by atoms with E-state index in [0.717, 1.165) is 43.9 Å². The molecule has 3 aliphatic rings. The molecule has 2 fully saturated rings. The number of aromatic nitrogens is 2. The highest BCUT2D eigenvalue weighted by atomic mass is 32.2. The third-order valence-electron chi connectivity index (χ3n) is 5.77. The summed E-state index contributed by atoms with van der Waals surface area (Å²) in [4.78, 5) is 14.5. The van der Waals surface area contributed by atoms with Crippen LogP contribution in [0.15, 0.2) is 5.03 Å². The molecule has 2 aliphatic carbocycles. The van der Waals surface area contributed by atoms with E-state index in [1.54, 1.807) is 15.3 Å². The minimum atomic E-state index is 0.763. The van der Waals surface area contributed by atoms with Crippen molar-refractivity contribution >= 4 is 33.3 Å². The standard InChI is InChI=1S/C19H25N3OS2/c1-2-5-13(4-1)24-18-17-14-6-3-7-15(14)25-19(17)21-16(20-18)12-22-8-10-23-11-9-22/h13H,1-12H2/p+1. The summed E-state index contributed by atoms with van der Waals surface area (Å²) in [7, 11) is 0. The fraction of sp³-hybridized carbons (Fsp3) is 0.684. The van der Waals surface area contributed by atoms with E-state index in [9.17, 15) is 0 Å². The predicted molar refractivity (Wildman–Crippen MR) is 103 cm³/mol. The van der Waals surface area contributed by atoms with Gasteiger partial charge in [0.1, 0.15) is 29.5 Å². The second-order valence-electron chi connectivity index (χ2n) is 7.55. The van der Waals surface area contributed by atoms with E-state index in [2.05, 4.69) is 0 Å². The van der Waals surface area contributed by atoms with E-state index < -0.39 is 0 Å². The van der Waals surface area contributed by atoms with Crippen molar-refractivity contribution in [2.24, 2.45) is 0 Å². The molecule has 25 heavy (non-hydrogen) atoms. The highest BCUT2D eigenvalue weighted by Gasteiger charge is 2.26. The highest BCUT2D eigenvalue weighted by molar-refractivity contribution is 8.00. The van der Waals surface area contributed by atoms with Gasteiger partial charge in [-0.05, 0) is 37.7 Å². The minimum Gasteiger partial charge on any atom is -0.370 e. The van der Waals surface area contributed by atoms with E-state index in [4.69, 9.17) is 14.7 Å². The first-order chi connectivity index (χ1) is 12.4. The van der Waals surface area contributed by atoms with Gasteiger partial charge in [-0.1, -0.05) is 12.8 Å². The van der Waals surface area contributed by atoms with Crippen LogP contribution in [0, 0.1) is 0 Å². The molecular formula is C19H26N3OS2+. The van der Waals surface area contributed by atoms with E-state index in [1.165, 1.54) is 60.2 Å². The summed E-state index contributed by atoms with van der Waals surface area (Å²) in [5.41, 5.74) is 1.57. The number of thiophene rings is 1. The molecule has 0 radical (unpaired) electrons. The van der Waals surface area contributed by atoms with E-state index in [-0.39, 0.29) is 0 Å². The summed E-state index contributed by atoms with van der Waals surface area (Å²) in [6, 6.07) is 0. The molecule has 0 atom stereocenters. The van der Waals surface area contributed by atoms with Gasteiger partial charge in [0, 0.05) is 15.5 Å². The zero-order valence-electron chi connectivity index (χ0n) is 14.7. The second kappa shape index (κ2) is 7.14. The Morgan fingerprint density at radius 3 is 2.76 bits per heavy atom. The van der Waals surface area contributed by atoms with Gasteiger partial charge in [0.15, 0.2) is 5.82 Å². The van der Waals surface area contributed by atoms with Crippen molar-refractivity contribution in [1.29, 1.82) is 0 Å². The number of rotatable bonds is 4. The Morgan fingerprint density at radius 1 is 1.08 bits per heavy atom. The van der Waals surface area contributed by atoms with Gasteiger partial charge in [-0.2, -0.15) is 0 Å². The molecule has 1 aliphatic heterocycles. The fourth-order valence-corrected chi connectivity index (χ4v) is 7.12. The van der Waals surface area contributed by atoms with E-state index in [0.29, 0.717) is 0 Å². The van der Waals surface area contributed by atoms with Crippen LogP contribution in [0.3, 0.4) is 0 Å². The molecule has 2 aromatic rings. The smallest absolute Gasteiger partial charge is 0.186 e. The Bertz CT molecular complexity index is 764. The second-order valence-corrected chi connectivity index (χ2v) is 9.92. The summed E-state index contributed by atoms with van der Waals surface area (Å²) in [6.45, 7) is 4.84. The topological polar surface area (TPSA) is 39.5 Å². The molecule has 0 unspecified atom stereocenters. The first-order valence-electron chi connectivity index (χ1n) is 9.76. The van der Waals surface area contributed by atoms with Gasteiger partial charge in [0.25, 0.3) is 0 Å². The average Bonchev–Trinajstić information content (AvgIpc) is 3.32. The number of fused-ring (bicyclic) bond motifs is 3. The number of hydrogen-bond acceptors (Lipinski definition) is 5. The Kier molecular flexibility index (Phi) is 4.71. The molecule has 1 N–H and O–H groups in total. The molecule has 0 bridgehead atoms. The van der Waals surface area contributed by atoms with Gasteiger partial charge in [-0.3, -0.25) is 0 Å². The first-order valence-corrected chi connectivity index (χ1v) is 11.5. The lowest BCUT2D eigenvalue weighted by Gasteiger charge is -2.23. The van der Waals surface area contributed by atoms with Gasteiger partial charge < -0.3 is 9.64 Å². The van der Waals surface area contributed by atoms with E-state index in [1.807, 2.05) is 23.1 Å². The van der Waals surface area contributed by atoms with Crippen molar-refractivity contribution in [2.75, 3.05) is 26.3 Å². The van der Waals surface area contributed by atoms with Gasteiger partial charge in [0.2, 0.25) is 0 Å². The lowest BCUT2D eigenvalue weighted by Crippen LogP contribution is -3.12. The summed E-state index contributed by atoms with van der Waals surface area (Å²) >= 11 is 3.99. The van der Waals surface area contributed by atoms with Crippen molar-refractivity contribution in [2.45, 2.75) is 61.8 Å². The molecule has 5 rings (SSSR count). The maximum atomic E-state index is 5.50. The minimum absolute atomic E-state index is 0.763. The number of morpholine rings is 1. The summed E-state index contributed by atoms with van der Waals surface area (Å²) in [5.74, 6) is 1.05. The number of thioether (sulfide) groups is 1. The average molecular weight is 377 g/mol. The Labute approximate surface area is 157 Å². The molecular weight excluding hydrogens is 350 g/mol. The number of aryl methyl sites for hydroxylation is 2. The molecule has 1 saturated carbocycles. The Hall–Kier alpha value is -0.690. The lowest BCUT2D eigenvalue weighted by molar-refractivity contribution is -0.922. The quantitative estimate of drug-likeness (QED) is 0.833. The van der Waals surface area contributed by atoms with Crippen LogP contribution in [0.5, 0.6) is 0 Å². The van der Waals surface area contributed by atoms with Crippen molar-refractivity contribution in [1.82, 2.24) is 9.97 Å². The molecule has 0 spiro atoms. The molecule has 0 aromatic carbocycles. The Morgan fingerprint density at radius 2 is 1.92 bits per heavy atom. The number of nitrogens with one attached hydrogen (secondary N) is 1. The zero-order chi connectivity index (χ0) is 16.6. The lowest BCUT2D eigenvalue weighted by atomic mass is 10.2. The largest absolute Gasteiger partial charge is 0.370 e. The maximum absolute atomic E-state index is 5.50. The fourth-order valence-electron chi connectivity index (χ4n) is 4.39. The van der Waals surface area contributed by atoms with Gasteiger partial charge in [-0.15, -0.1) is 23.1 Å². The van der Waals surface area contributed by atoms with Gasteiger partial charge >= 0.3 is 0 Å². The van der Waals surface area contributed by atoms with Crippen LogP contribution >= 0.6 is 23.1 Å². The first kappa shape index (κ1) is 16.5. The number of quaternary nitrogens is 1. The van der Waals surface area contributed by atoms with Crippen LogP contribution in [-0.2, 0) is 24.1 Å². The van der Waals surface area contributed by atoms with Gasteiger partial charge in [0.05, 0.1) is 13.2 Å². The molecule has 134 valence electrons. The molecule has 3 heterocycles. The highest BCUT2D eigenvalue weighted by Crippen LogP contribution is 2.43. The molecule has 4 nitrogen and oxygen atoms in total. The van der Waals surface area contributed by atoms with Crippen molar-refractivity contribution in [3.05, 3.63) is 16.3 Å². The molecule has 1 saturated heterocycles. The van der Waals surface area contributed by atoms with Crippen LogP contribution in [-0.4, -0.2) is 41.5 Å². The van der Waals surface area contributed by atoms with Crippen molar-refractivity contribution in [3.63, 3.8) is 0 Å². The van der Waals surface area contributed by atoms with Crippen LogP contribution in [0.4, 0.5) is 0 Å². The van der Waals surface area contributed by atoms with Crippen molar-refractivity contribution in [3.8, 4) is 0 Å². The Balaban J connectivity index is 1.50. The van der Waals surface area contributed by atoms with Crippen LogP contribution < -0.4 is 4.90 Å². The molecule has 2 aromatic heterocycles. The monoisotopic (exact) mass is 376 g/mol. The van der Waals surface area contributed by atoms with Crippen molar-refractivity contribution < 1.29 is 9.64 Å². The van der Waals surface area contributed by atoms with Crippen LogP contribution in [0.1, 0.15) is 48.4 Å². The van der Waals surface area contributed by atoms with E-state index >= 15 is 0 Å². The van der Waals surface area contributed by atoms with Gasteiger partial charge in [-0.25, -0.2) is 9.97 Å². The number of ether oxygens (including phenoxy) is 1. The van der Waals surface area contributed by atoms with Crippen LogP contribution in [0.2, 0.25) is 0 Å². The third-order valence-corrected chi connectivity index (χ3v) is 8.28. The third kappa shape index (κ3) is 3.34. The molecule has 6 heteroatoms. The summed E-state index contributed by atoms with van der Waals surface area (Å²) in [5, 5.41) is 3.47. The zero-order valence-corrected chi connectivity index (χ0v) is 16.3.